The van der Waals surface area contributed by atoms with Gasteiger partial charge in [-0.1, -0.05) is 60.7 Å². The van der Waals surface area contributed by atoms with Crippen LogP contribution in [0.4, 0.5) is 0 Å². The van der Waals surface area contributed by atoms with E-state index < -0.39 is 12.1 Å². The van der Waals surface area contributed by atoms with Gasteiger partial charge in [-0.25, -0.2) is 4.79 Å². The Bertz CT molecular complexity index is 840. The molecule has 0 spiro atoms. The van der Waals surface area contributed by atoms with E-state index in [-0.39, 0.29) is 11.5 Å². The van der Waals surface area contributed by atoms with Crippen molar-refractivity contribution in [3.63, 3.8) is 0 Å². The van der Waals surface area contributed by atoms with Crippen molar-refractivity contribution < 1.29 is 18.7 Å². The second-order valence-corrected chi connectivity index (χ2v) is 5.81. The molecule has 3 rings (SSSR count). The Morgan fingerprint density at radius 1 is 0.875 bits per heavy atom. The first-order chi connectivity index (χ1) is 11.6. The first-order valence-electron chi connectivity index (χ1n) is 7.25. The molecule has 0 aliphatic carbocycles. The normalized spacial score (nSPS) is 11.7. The first kappa shape index (κ1) is 16.2. The highest BCUT2D eigenvalue weighted by Gasteiger charge is 2.27. The molecule has 0 radical (unpaired) electrons. The summed E-state index contributed by atoms with van der Waals surface area (Å²) in [5.41, 5.74) is 1.07. The lowest BCUT2D eigenvalue weighted by Gasteiger charge is -2.16. The molecule has 4 nitrogen and oxygen atoms in total. The van der Waals surface area contributed by atoms with Crippen molar-refractivity contribution in [1.29, 1.82) is 0 Å². The van der Waals surface area contributed by atoms with Crippen molar-refractivity contribution in [3.05, 3.63) is 94.4 Å². The van der Waals surface area contributed by atoms with Gasteiger partial charge >= 0.3 is 5.97 Å². The Balaban J connectivity index is 1.91. The van der Waals surface area contributed by atoms with Crippen molar-refractivity contribution in [2.24, 2.45) is 0 Å². The second-order valence-electron chi connectivity index (χ2n) is 5.03. The van der Waals surface area contributed by atoms with Crippen LogP contribution in [-0.4, -0.2) is 11.8 Å². The van der Waals surface area contributed by atoms with Gasteiger partial charge in [0.05, 0.1) is 0 Å². The van der Waals surface area contributed by atoms with E-state index in [1.54, 1.807) is 54.6 Å². The van der Waals surface area contributed by atoms with Crippen molar-refractivity contribution in [2.45, 2.75) is 6.10 Å². The lowest BCUT2D eigenvalue weighted by atomic mass is 10.00. The van der Waals surface area contributed by atoms with Gasteiger partial charge in [-0.3, -0.25) is 4.79 Å². The van der Waals surface area contributed by atoms with E-state index in [1.165, 1.54) is 6.07 Å². The molecule has 0 bridgehead atoms. The number of hydrogen-bond donors (Lipinski definition) is 0. The molecule has 0 amide bonds. The molecule has 24 heavy (non-hydrogen) atoms. The number of Topliss-reactive ketones (excluding diaryl/α,β-unsaturated/α-hetero) is 1. The third-order valence-corrected chi connectivity index (χ3v) is 3.82. The molecule has 0 aliphatic rings. The first-order valence-corrected chi connectivity index (χ1v) is 8.05. The summed E-state index contributed by atoms with van der Waals surface area (Å²) in [4.78, 5) is 25.1. The van der Waals surface area contributed by atoms with Crippen LogP contribution < -0.4 is 0 Å². The fourth-order valence-electron chi connectivity index (χ4n) is 2.24. The predicted molar refractivity (Wildman–Crippen MR) is 91.8 cm³/mol. The minimum atomic E-state index is -1.04. The van der Waals surface area contributed by atoms with Crippen LogP contribution in [-0.2, 0) is 4.74 Å². The number of furan rings is 1. The maximum atomic E-state index is 12.8. The minimum absolute atomic E-state index is 0.0312. The van der Waals surface area contributed by atoms with Gasteiger partial charge in [0.15, 0.2) is 10.8 Å². The van der Waals surface area contributed by atoms with Gasteiger partial charge in [0, 0.05) is 11.1 Å². The summed E-state index contributed by atoms with van der Waals surface area (Å²) >= 11 is 3.14. The molecule has 0 N–H and O–H groups in total. The maximum absolute atomic E-state index is 12.8. The highest BCUT2D eigenvalue weighted by Crippen LogP contribution is 2.25. The Kier molecular flexibility index (Phi) is 4.91. The predicted octanol–water partition coefficient (Wildman–Crippen LogP) is 4.82. The quantitative estimate of drug-likeness (QED) is 0.467. The summed E-state index contributed by atoms with van der Waals surface area (Å²) in [7, 11) is 0. The summed E-state index contributed by atoms with van der Waals surface area (Å²) in [6.07, 6.45) is -1.04. The van der Waals surface area contributed by atoms with Gasteiger partial charge in [-0.05, 0) is 28.1 Å². The molecule has 2 aromatic carbocycles. The fraction of sp³-hybridized carbons (Fsp3) is 0.0526. The zero-order valence-electron chi connectivity index (χ0n) is 12.5. The van der Waals surface area contributed by atoms with E-state index in [2.05, 4.69) is 15.9 Å². The van der Waals surface area contributed by atoms with Crippen molar-refractivity contribution in [3.8, 4) is 0 Å². The van der Waals surface area contributed by atoms with Crippen molar-refractivity contribution in [2.75, 3.05) is 0 Å². The van der Waals surface area contributed by atoms with Gasteiger partial charge in [-0.15, -0.1) is 0 Å². The third kappa shape index (κ3) is 3.63. The molecule has 0 saturated carbocycles. The molecule has 0 fully saturated rings. The molecule has 0 unspecified atom stereocenters. The topological polar surface area (TPSA) is 56.5 Å². The van der Waals surface area contributed by atoms with Gasteiger partial charge in [0.2, 0.25) is 11.5 Å². The number of rotatable bonds is 5. The van der Waals surface area contributed by atoms with Crippen LogP contribution in [0.5, 0.6) is 0 Å². The Labute approximate surface area is 147 Å². The Hall–Kier alpha value is -2.66. The summed E-state index contributed by atoms with van der Waals surface area (Å²) in [6.45, 7) is 0. The average Bonchev–Trinajstić information content (AvgIpc) is 3.07. The van der Waals surface area contributed by atoms with Crippen LogP contribution in [0.1, 0.15) is 32.6 Å². The highest BCUT2D eigenvalue weighted by molar-refractivity contribution is 9.10. The second kappa shape index (κ2) is 7.27. The van der Waals surface area contributed by atoms with E-state index in [0.29, 0.717) is 15.8 Å². The lowest BCUT2D eigenvalue weighted by molar-refractivity contribution is 0.0249. The zero-order chi connectivity index (χ0) is 16.9. The molecule has 1 heterocycles. The molecule has 1 atom stereocenters. The van der Waals surface area contributed by atoms with Crippen LogP contribution in [0.2, 0.25) is 0 Å². The summed E-state index contributed by atoms with van der Waals surface area (Å²) in [5, 5.41) is 0. The van der Waals surface area contributed by atoms with Gasteiger partial charge < -0.3 is 9.15 Å². The molecule has 1 aromatic heterocycles. The van der Waals surface area contributed by atoms with Gasteiger partial charge in [0.25, 0.3) is 0 Å². The third-order valence-electron chi connectivity index (χ3n) is 3.40. The molecule has 3 aromatic rings. The zero-order valence-corrected chi connectivity index (χ0v) is 14.1. The van der Waals surface area contributed by atoms with Crippen LogP contribution in [0.15, 0.2) is 81.9 Å². The number of carbonyl (C=O) groups is 2. The number of hydrogen-bond acceptors (Lipinski definition) is 4. The largest absolute Gasteiger partial charge is 0.443 e. The SMILES string of the molecule is O=C(O[C@@H](C(=O)c1ccccc1)c1ccccc1)c1ccc(Br)o1. The monoisotopic (exact) mass is 384 g/mol. The van der Waals surface area contributed by atoms with Crippen molar-refractivity contribution in [1.82, 2.24) is 0 Å². The minimum Gasteiger partial charge on any atom is -0.443 e. The average molecular weight is 385 g/mol. The van der Waals surface area contributed by atoms with Gasteiger partial charge in [0.1, 0.15) is 0 Å². The number of carbonyl (C=O) groups excluding carboxylic acids is 2. The van der Waals surface area contributed by atoms with E-state index in [0.717, 1.165) is 0 Å². The Morgan fingerprint density at radius 2 is 1.50 bits per heavy atom. The number of ketones is 1. The summed E-state index contributed by atoms with van der Waals surface area (Å²) in [6, 6.07) is 20.7. The van der Waals surface area contributed by atoms with Crippen LogP contribution in [0.3, 0.4) is 0 Å². The number of benzene rings is 2. The van der Waals surface area contributed by atoms with E-state index in [4.69, 9.17) is 9.15 Å². The smallest absolute Gasteiger partial charge is 0.375 e. The van der Waals surface area contributed by atoms with Crippen LogP contribution in [0.25, 0.3) is 0 Å². The molecular weight excluding hydrogens is 372 g/mol. The molecule has 0 aliphatic heterocycles. The number of esters is 1. The number of halogens is 1. The standard InChI is InChI=1S/C19H13BrO4/c20-16-12-11-15(23-16)19(22)24-18(14-9-5-2-6-10-14)17(21)13-7-3-1-4-8-13/h1-12,18H/t18-/m1/s1. The van der Waals surface area contributed by atoms with E-state index in [9.17, 15) is 9.59 Å². The van der Waals surface area contributed by atoms with E-state index >= 15 is 0 Å². The molecular formula is C19H13BrO4. The summed E-state index contributed by atoms with van der Waals surface area (Å²) in [5.74, 6) is -0.955. The number of ether oxygens (including phenoxy) is 1. The van der Waals surface area contributed by atoms with Crippen LogP contribution >= 0.6 is 15.9 Å². The molecule has 0 saturated heterocycles. The lowest BCUT2D eigenvalue weighted by Crippen LogP contribution is -2.20. The van der Waals surface area contributed by atoms with Crippen molar-refractivity contribution >= 4 is 27.7 Å². The molecule has 5 heteroatoms. The van der Waals surface area contributed by atoms with Gasteiger partial charge in [-0.2, -0.15) is 0 Å². The summed E-state index contributed by atoms with van der Waals surface area (Å²) < 4.78 is 11.1. The fourth-order valence-corrected chi connectivity index (χ4v) is 2.55. The van der Waals surface area contributed by atoms with E-state index in [1.807, 2.05) is 12.1 Å². The molecule has 120 valence electrons. The Morgan fingerprint density at radius 3 is 2.08 bits per heavy atom. The van der Waals surface area contributed by atoms with Crippen LogP contribution in [0, 0.1) is 0 Å². The highest BCUT2D eigenvalue weighted by atomic mass is 79.9. The maximum Gasteiger partial charge on any atom is 0.375 e.